The highest BCUT2D eigenvalue weighted by atomic mass is 16.6. The predicted molar refractivity (Wildman–Crippen MR) is 139 cm³/mol. The number of ether oxygens (including phenoxy) is 1. The molecule has 3 rings (SSSR count). The van der Waals surface area contributed by atoms with Crippen molar-refractivity contribution in [1.82, 2.24) is 4.90 Å². The molecule has 1 aromatic carbocycles. The number of likely N-dealkylation sites (tertiary alicyclic amines) is 1. The molecule has 1 aromatic rings. The zero-order chi connectivity index (χ0) is 24.4. The molecule has 2 N–H and O–H groups in total. The van der Waals surface area contributed by atoms with E-state index in [1.807, 2.05) is 32.6 Å². The number of hydrogen-bond donors (Lipinski definition) is 1. The van der Waals surface area contributed by atoms with Crippen molar-refractivity contribution >= 4 is 17.6 Å². The highest BCUT2D eigenvalue weighted by Crippen LogP contribution is 2.32. The minimum atomic E-state index is -0.445. The van der Waals surface area contributed by atoms with Crippen molar-refractivity contribution in [2.24, 2.45) is 16.6 Å². The van der Waals surface area contributed by atoms with Gasteiger partial charge < -0.3 is 15.4 Å². The van der Waals surface area contributed by atoms with Gasteiger partial charge in [-0.15, -0.1) is 0 Å². The smallest absolute Gasteiger partial charge is 0.410 e. The average molecular weight is 458 g/mol. The van der Waals surface area contributed by atoms with Crippen LogP contribution < -0.4 is 5.73 Å². The third-order valence-electron chi connectivity index (χ3n) is 6.46. The summed E-state index contributed by atoms with van der Waals surface area (Å²) in [5, 5.41) is 0. The number of hydrogen-bond acceptors (Lipinski definition) is 3. The van der Waals surface area contributed by atoms with Gasteiger partial charge in [0.1, 0.15) is 5.60 Å². The van der Waals surface area contributed by atoms with Gasteiger partial charge in [-0.3, -0.25) is 0 Å². The monoisotopic (exact) mass is 457 g/mol. The van der Waals surface area contributed by atoms with Crippen molar-refractivity contribution in [3.63, 3.8) is 0 Å². The van der Waals surface area contributed by atoms with Crippen LogP contribution in [0.3, 0.4) is 0 Å². The zero-order valence-corrected chi connectivity index (χ0v) is 22.0. The minimum Gasteiger partial charge on any atom is -0.444 e. The summed E-state index contributed by atoms with van der Waals surface area (Å²) in [6, 6.07) is 6.56. The van der Waals surface area contributed by atoms with Gasteiger partial charge in [0.05, 0.1) is 11.5 Å². The highest BCUT2D eigenvalue weighted by molar-refractivity contribution is 5.81. The Balaban J connectivity index is 0.000000554. The third kappa shape index (κ3) is 9.77. The van der Waals surface area contributed by atoms with Gasteiger partial charge in [0.15, 0.2) is 0 Å². The topological polar surface area (TPSA) is 67.9 Å². The van der Waals surface area contributed by atoms with Crippen molar-refractivity contribution in [1.29, 1.82) is 0 Å². The van der Waals surface area contributed by atoms with E-state index in [9.17, 15) is 4.79 Å². The minimum absolute atomic E-state index is 0.201. The fraction of sp³-hybridized carbons (Fsp3) is 0.714. The summed E-state index contributed by atoms with van der Waals surface area (Å²) < 4.78 is 5.49. The second-order valence-electron chi connectivity index (χ2n) is 10.9. The number of nitrogens with two attached hydrogens (primary N) is 1. The van der Waals surface area contributed by atoms with Gasteiger partial charge in [-0.05, 0) is 82.4 Å². The van der Waals surface area contributed by atoms with Crippen molar-refractivity contribution in [3.05, 3.63) is 29.3 Å². The maximum atomic E-state index is 12.3. The number of aryl methyl sites for hydroxylation is 1. The summed E-state index contributed by atoms with van der Waals surface area (Å²) in [5.41, 5.74) is 8.95. The van der Waals surface area contributed by atoms with Crippen LogP contribution in [0.5, 0.6) is 0 Å². The SMILES string of the molecule is CC1CCCC1.CCCCc1cc(C2CCN(C(=O)OC(C)(C)C)CC2)ccc1N=C(C)N. The molecule has 2 fully saturated rings. The fourth-order valence-corrected chi connectivity index (χ4v) is 4.58. The Labute approximate surface area is 202 Å². The maximum absolute atomic E-state index is 12.3. The van der Waals surface area contributed by atoms with E-state index in [-0.39, 0.29) is 6.09 Å². The summed E-state index contributed by atoms with van der Waals surface area (Å²) in [4.78, 5) is 18.6. The molecular formula is C28H47N3O2. The Hall–Kier alpha value is -2.04. The Bertz CT molecular complexity index is 764. The summed E-state index contributed by atoms with van der Waals surface area (Å²) in [5.74, 6) is 2.11. The molecule has 2 aliphatic rings. The molecule has 0 bridgehead atoms. The number of nitrogens with zero attached hydrogens (tertiary/aromatic N) is 2. The summed E-state index contributed by atoms with van der Waals surface area (Å²) in [7, 11) is 0. The molecule has 33 heavy (non-hydrogen) atoms. The summed E-state index contributed by atoms with van der Waals surface area (Å²) >= 11 is 0. The first-order valence-electron chi connectivity index (χ1n) is 13.0. The van der Waals surface area contributed by atoms with Gasteiger partial charge in [-0.2, -0.15) is 0 Å². The van der Waals surface area contributed by atoms with Crippen LogP contribution in [0.4, 0.5) is 10.5 Å². The van der Waals surface area contributed by atoms with Gasteiger partial charge in [0.25, 0.3) is 0 Å². The number of piperidine rings is 1. The first-order chi connectivity index (χ1) is 15.6. The van der Waals surface area contributed by atoms with Crippen molar-refractivity contribution in [3.8, 4) is 0 Å². The normalized spacial score (nSPS) is 18.1. The van der Waals surface area contributed by atoms with Crippen LogP contribution in [0, 0.1) is 5.92 Å². The second kappa shape index (κ2) is 13.0. The third-order valence-corrected chi connectivity index (χ3v) is 6.46. The fourth-order valence-electron chi connectivity index (χ4n) is 4.58. The molecule has 1 heterocycles. The summed E-state index contributed by atoms with van der Waals surface area (Å²) in [6.07, 6.45) is 11.0. The Kier molecular flexibility index (Phi) is 10.7. The number of unbranched alkanes of at least 4 members (excludes halogenated alkanes) is 1. The maximum Gasteiger partial charge on any atom is 0.410 e. The predicted octanol–water partition coefficient (Wildman–Crippen LogP) is 7.35. The number of aliphatic imine (C=N–C) groups is 1. The van der Waals surface area contributed by atoms with E-state index in [0.717, 1.165) is 56.8 Å². The number of carbonyl (C=O) groups is 1. The van der Waals surface area contributed by atoms with E-state index in [4.69, 9.17) is 10.5 Å². The number of benzene rings is 1. The van der Waals surface area contributed by atoms with E-state index in [2.05, 4.69) is 37.0 Å². The van der Waals surface area contributed by atoms with Crippen LogP contribution in [0.1, 0.15) is 110 Å². The summed E-state index contributed by atoms with van der Waals surface area (Å²) in [6.45, 7) is 13.6. The molecule has 5 heteroatoms. The number of rotatable bonds is 5. The second-order valence-corrected chi connectivity index (χ2v) is 10.9. The highest BCUT2D eigenvalue weighted by Gasteiger charge is 2.27. The lowest BCUT2D eigenvalue weighted by Crippen LogP contribution is -2.41. The zero-order valence-electron chi connectivity index (χ0n) is 22.0. The van der Waals surface area contributed by atoms with E-state index in [1.54, 1.807) is 0 Å². The molecule has 5 nitrogen and oxygen atoms in total. The van der Waals surface area contributed by atoms with Gasteiger partial charge in [0.2, 0.25) is 0 Å². The van der Waals surface area contributed by atoms with E-state index in [0.29, 0.717) is 11.8 Å². The molecule has 0 atom stereocenters. The van der Waals surface area contributed by atoms with E-state index >= 15 is 0 Å². The molecule has 1 aliphatic heterocycles. The Morgan fingerprint density at radius 1 is 1.15 bits per heavy atom. The molecule has 0 radical (unpaired) electrons. The standard InChI is InChI=1S/C22H35N3O2.C6H12/c1-6-7-8-19-15-18(9-10-20(19)24-16(2)23)17-11-13-25(14-12-17)21(26)27-22(3,4)5;1-6-4-2-3-5-6/h9-10,15,17H,6-8,11-14H2,1-5H3,(H2,23,24);6H,2-5H2,1H3. The molecule has 186 valence electrons. The van der Waals surface area contributed by atoms with Gasteiger partial charge in [0, 0.05) is 13.1 Å². The van der Waals surface area contributed by atoms with Gasteiger partial charge in [-0.1, -0.05) is 58.1 Å². The molecule has 0 aromatic heterocycles. The van der Waals surface area contributed by atoms with Crippen molar-refractivity contribution < 1.29 is 9.53 Å². The van der Waals surface area contributed by atoms with Gasteiger partial charge >= 0.3 is 6.09 Å². The molecule has 0 spiro atoms. The lowest BCUT2D eigenvalue weighted by Gasteiger charge is -2.33. The number of amides is 1. The molecule has 1 amide bonds. The molecular weight excluding hydrogens is 410 g/mol. The molecule has 0 unspecified atom stereocenters. The Morgan fingerprint density at radius 3 is 2.27 bits per heavy atom. The first-order valence-corrected chi connectivity index (χ1v) is 13.0. The molecule has 1 aliphatic carbocycles. The lowest BCUT2D eigenvalue weighted by atomic mass is 9.87. The number of carbonyl (C=O) groups excluding carboxylic acids is 1. The van der Waals surface area contributed by atoms with Crippen molar-refractivity contribution in [2.45, 2.75) is 111 Å². The quantitative estimate of drug-likeness (QED) is 0.371. The van der Waals surface area contributed by atoms with Crippen LogP contribution in [-0.4, -0.2) is 35.5 Å². The molecule has 1 saturated carbocycles. The number of amidine groups is 1. The van der Waals surface area contributed by atoms with E-state index in [1.165, 1.54) is 36.8 Å². The lowest BCUT2D eigenvalue weighted by molar-refractivity contribution is 0.0205. The van der Waals surface area contributed by atoms with Crippen LogP contribution in [-0.2, 0) is 11.2 Å². The van der Waals surface area contributed by atoms with Crippen LogP contribution >= 0.6 is 0 Å². The van der Waals surface area contributed by atoms with Gasteiger partial charge in [-0.25, -0.2) is 9.79 Å². The van der Waals surface area contributed by atoms with Crippen LogP contribution in [0.15, 0.2) is 23.2 Å². The average Bonchev–Trinajstić information content (AvgIpc) is 3.23. The van der Waals surface area contributed by atoms with Crippen molar-refractivity contribution in [2.75, 3.05) is 13.1 Å². The van der Waals surface area contributed by atoms with Crippen LogP contribution in [0.25, 0.3) is 0 Å². The van der Waals surface area contributed by atoms with E-state index < -0.39 is 5.60 Å². The molecule has 1 saturated heterocycles. The first kappa shape index (κ1) is 27.2. The largest absolute Gasteiger partial charge is 0.444 e. The van der Waals surface area contributed by atoms with Crippen LogP contribution in [0.2, 0.25) is 0 Å². The Morgan fingerprint density at radius 2 is 1.79 bits per heavy atom.